The van der Waals surface area contributed by atoms with Gasteiger partial charge in [-0.15, -0.1) is 24.0 Å². The zero-order chi connectivity index (χ0) is 21.4. The zero-order valence-corrected chi connectivity index (χ0v) is 21.2. The maximum absolute atomic E-state index is 12.5. The molecule has 0 fully saturated rings. The first kappa shape index (κ1) is 26.2. The molecule has 8 heteroatoms. The lowest BCUT2D eigenvalue weighted by molar-refractivity contribution is -0.131. The van der Waals surface area contributed by atoms with Gasteiger partial charge in [0.2, 0.25) is 11.8 Å². The Kier molecular flexibility index (Phi) is 10.6. The van der Waals surface area contributed by atoms with E-state index in [0.29, 0.717) is 38.4 Å². The number of fused-ring (bicyclic) bond motifs is 1. The topological polar surface area (TPSA) is 77.0 Å². The van der Waals surface area contributed by atoms with Crippen LogP contribution < -0.4 is 10.6 Å². The molecule has 2 amide bonds. The van der Waals surface area contributed by atoms with Gasteiger partial charge in [-0.2, -0.15) is 0 Å². The highest BCUT2D eigenvalue weighted by Gasteiger charge is 2.22. The summed E-state index contributed by atoms with van der Waals surface area (Å²) in [5.74, 6) is 0.797. The third-order valence-electron chi connectivity index (χ3n) is 4.60. The molecule has 2 N–H and O–H groups in total. The van der Waals surface area contributed by atoms with Gasteiger partial charge in [0, 0.05) is 45.2 Å². The van der Waals surface area contributed by atoms with Gasteiger partial charge in [-0.05, 0) is 45.2 Å². The molecular formula is C22H36IN5O2. The lowest BCUT2D eigenvalue weighted by atomic mass is 10.1. The monoisotopic (exact) mass is 529 g/mol. The van der Waals surface area contributed by atoms with Crippen molar-refractivity contribution in [1.82, 2.24) is 20.4 Å². The highest BCUT2D eigenvalue weighted by Crippen LogP contribution is 2.22. The Balaban J connectivity index is 0.00000450. The Morgan fingerprint density at radius 3 is 2.30 bits per heavy atom. The maximum atomic E-state index is 12.5. The van der Waals surface area contributed by atoms with Gasteiger partial charge in [0.15, 0.2) is 5.96 Å². The molecule has 0 aromatic heterocycles. The molecule has 0 unspecified atom stereocenters. The fourth-order valence-electron chi connectivity index (χ4n) is 3.30. The number of benzene rings is 1. The van der Waals surface area contributed by atoms with Crippen LogP contribution in [0.2, 0.25) is 0 Å². The first-order chi connectivity index (χ1) is 13.7. The Morgan fingerprint density at radius 2 is 1.77 bits per heavy atom. The van der Waals surface area contributed by atoms with Gasteiger partial charge < -0.3 is 20.4 Å². The van der Waals surface area contributed by atoms with Crippen molar-refractivity contribution < 1.29 is 9.59 Å². The van der Waals surface area contributed by atoms with Crippen molar-refractivity contribution in [1.29, 1.82) is 0 Å². The van der Waals surface area contributed by atoms with E-state index >= 15 is 0 Å². The van der Waals surface area contributed by atoms with Crippen molar-refractivity contribution in [3.8, 4) is 0 Å². The van der Waals surface area contributed by atoms with Gasteiger partial charge >= 0.3 is 0 Å². The van der Waals surface area contributed by atoms with E-state index < -0.39 is 0 Å². The minimum absolute atomic E-state index is 0. The number of likely N-dealkylation sites (N-methyl/N-ethyl adjacent to an activating group) is 1. The smallest absolute Gasteiger partial charge is 0.240 e. The normalized spacial score (nSPS) is 13.4. The number of carbonyl (C=O) groups excluding carboxylic acids is 2. The number of hydrogen-bond donors (Lipinski definition) is 2. The van der Waals surface area contributed by atoms with Crippen molar-refractivity contribution in [2.24, 2.45) is 4.99 Å². The van der Waals surface area contributed by atoms with Crippen LogP contribution in [0.3, 0.4) is 0 Å². The van der Waals surface area contributed by atoms with E-state index in [4.69, 9.17) is 0 Å². The fraction of sp³-hybridized carbons (Fsp3) is 0.591. The molecule has 30 heavy (non-hydrogen) atoms. The summed E-state index contributed by atoms with van der Waals surface area (Å²) in [5.41, 5.74) is 2.22. The van der Waals surface area contributed by atoms with Crippen LogP contribution in [0.1, 0.15) is 51.7 Å². The van der Waals surface area contributed by atoms with Gasteiger partial charge in [-0.25, -0.2) is 0 Å². The first-order valence-corrected chi connectivity index (χ1v) is 10.3. The van der Waals surface area contributed by atoms with Gasteiger partial charge in [-0.1, -0.05) is 24.3 Å². The minimum atomic E-state index is -0.261. The van der Waals surface area contributed by atoms with Crippen molar-refractivity contribution >= 4 is 41.8 Å². The van der Waals surface area contributed by atoms with E-state index in [1.165, 1.54) is 11.1 Å². The van der Waals surface area contributed by atoms with E-state index in [2.05, 4.69) is 27.8 Å². The number of hydrogen-bond acceptors (Lipinski definition) is 3. The SMILES string of the molecule is CCNC(=NCCCC(=O)N1Cc2ccccc2C1)N(C)CC(=O)NC(C)(C)C.I. The van der Waals surface area contributed by atoms with Crippen molar-refractivity contribution in [3.05, 3.63) is 35.4 Å². The molecule has 0 spiro atoms. The summed E-state index contributed by atoms with van der Waals surface area (Å²) >= 11 is 0. The number of halogens is 1. The molecule has 0 atom stereocenters. The number of rotatable bonds is 7. The maximum Gasteiger partial charge on any atom is 0.240 e. The van der Waals surface area contributed by atoms with Crippen LogP contribution >= 0.6 is 24.0 Å². The van der Waals surface area contributed by atoms with Crippen LogP contribution in [0, 0.1) is 0 Å². The second-order valence-corrected chi connectivity index (χ2v) is 8.51. The largest absolute Gasteiger partial charge is 0.357 e. The van der Waals surface area contributed by atoms with Gasteiger partial charge in [0.1, 0.15) is 0 Å². The number of nitrogens with one attached hydrogen (secondary N) is 2. The number of amides is 2. The van der Waals surface area contributed by atoms with Crippen molar-refractivity contribution in [2.45, 2.75) is 59.2 Å². The number of aliphatic imine (C=N–C) groups is 1. The van der Waals surface area contributed by atoms with Crippen LogP contribution in [0.4, 0.5) is 0 Å². The van der Waals surface area contributed by atoms with Gasteiger partial charge in [-0.3, -0.25) is 14.6 Å². The summed E-state index contributed by atoms with van der Waals surface area (Å²) in [6.45, 7) is 10.8. The lowest BCUT2D eigenvalue weighted by Gasteiger charge is -2.25. The summed E-state index contributed by atoms with van der Waals surface area (Å²) in [7, 11) is 1.84. The minimum Gasteiger partial charge on any atom is -0.357 e. The van der Waals surface area contributed by atoms with E-state index in [0.717, 1.165) is 6.54 Å². The van der Waals surface area contributed by atoms with Crippen LogP contribution in [0.15, 0.2) is 29.3 Å². The molecule has 0 radical (unpaired) electrons. The second kappa shape index (κ2) is 12.1. The van der Waals surface area contributed by atoms with Gasteiger partial charge in [0.05, 0.1) is 6.54 Å². The highest BCUT2D eigenvalue weighted by molar-refractivity contribution is 14.0. The zero-order valence-electron chi connectivity index (χ0n) is 18.8. The summed E-state index contributed by atoms with van der Waals surface area (Å²) in [5, 5.41) is 6.16. The first-order valence-electron chi connectivity index (χ1n) is 10.3. The molecule has 0 aliphatic carbocycles. The van der Waals surface area contributed by atoms with Crippen molar-refractivity contribution in [3.63, 3.8) is 0 Å². The number of carbonyl (C=O) groups is 2. The van der Waals surface area contributed by atoms with Crippen molar-refractivity contribution in [2.75, 3.05) is 26.7 Å². The van der Waals surface area contributed by atoms with Crippen LogP contribution in [0.25, 0.3) is 0 Å². The summed E-state index contributed by atoms with van der Waals surface area (Å²) in [4.78, 5) is 32.9. The van der Waals surface area contributed by atoms with E-state index in [-0.39, 0.29) is 47.9 Å². The Labute approximate surface area is 197 Å². The van der Waals surface area contributed by atoms with E-state index in [9.17, 15) is 9.59 Å². The Hall–Kier alpha value is -1.84. The summed E-state index contributed by atoms with van der Waals surface area (Å²) < 4.78 is 0. The molecule has 1 aromatic carbocycles. The standard InChI is InChI=1S/C22H35N5O2.HI/c1-6-23-21(26(5)16-19(28)25-22(2,3)4)24-13-9-12-20(29)27-14-17-10-7-8-11-18(17)15-27;/h7-8,10-11H,6,9,12-16H2,1-5H3,(H,23,24)(H,25,28);1H. The number of nitrogens with zero attached hydrogens (tertiary/aromatic N) is 3. The third kappa shape index (κ3) is 8.49. The predicted octanol–water partition coefficient (Wildman–Crippen LogP) is 2.74. The Bertz CT molecular complexity index is 720. The molecule has 1 heterocycles. The lowest BCUT2D eigenvalue weighted by Crippen LogP contribution is -2.48. The molecular weight excluding hydrogens is 493 g/mol. The molecule has 0 bridgehead atoms. The summed E-state index contributed by atoms with van der Waals surface area (Å²) in [6, 6.07) is 8.20. The number of guanidine groups is 1. The molecule has 1 aliphatic heterocycles. The molecule has 2 rings (SSSR count). The molecule has 0 saturated heterocycles. The fourth-order valence-corrected chi connectivity index (χ4v) is 3.30. The second-order valence-electron chi connectivity index (χ2n) is 8.51. The van der Waals surface area contributed by atoms with Gasteiger partial charge in [0.25, 0.3) is 0 Å². The summed E-state index contributed by atoms with van der Waals surface area (Å²) in [6.07, 6.45) is 1.16. The van der Waals surface area contributed by atoms with Crippen LogP contribution in [0.5, 0.6) is 0 Å². The molecule has 168 valence electrons. The van der Waals surface area contributed by atoms with E-state index in [1.807, 2.05) is 56.7 Å². The molecule has 7 nitrogen and oxygen atoms in total. The average molecular weight is 529 g/mol. The third-order valence-corrected chi connectivity index (χ3v) is 4.60. The van der Waals surface area contributed by atoms with E-state index in [1.54, 1.807) is 0 Å². The predicted molar refractivity (Wildman–Crippen MR) is 132 cm³/mol. The molecule has 0 saturated carbocycles. The van der Waals surface area contributed by atoms with Crippen LogP contribution in [-0.4, -0.2) is 59.8 Å². The quantitative estimate of drug-likeness (QED) is 0.247. The van der Waals surface area contributed by atoms with Crippen LogP contribution in [-0.2, 0) is 22.7 Å². The molecule has 1 aliphatic rings. The average Bonchev–Trinajstić information content (AvgIpc) is 3.06. The molecule has 1 aromatic rings. The Morgan fingerprint density at radius 1 is 1.17 bits per heavy atom. The highest BCUT2D eigenvalue weighted by atomic mass is 127.